The molecule has 0 spiro atoms. The molecule has 33 heavy (non-hydrogen) atoms. The number of nitrogens with zero attached hydrogens (tertiary/aromatic N) is 3. The molecule has 0 N–H and O–H groups in total. The molecule has 0 aliphatic carbocycles. The predicted octanol–water partition coefficient (Wildman–Crippen LogP) is 7.88. The molecule has 0 amide bonds. The first-order chi connectivity index (χ1) is 16.3. The maximum absolute atomic E-state index is 4.48. The van der Waals surface area contributed by atoms with Crippen LogP contribution in [0.3, 0.4) is 0 Å². The third kappa shape index (κ3) is 4.01. The first kappa shape index (κ1) is 20.1. The van der Waals surface area contributed by atoms with Crippen LogP contribution in [0.15, 0.2) is 135 Å². The Bertz CT molecular complexity index is 1450. The lowest BCUT2D eigenvalue weighted by Crippen LogP contribution is -1.92. The average Bonchev–Trinajstić information content (AvgIpc) is 3.19. The zero-order valence-electron chi connectivity index (χ0n) is 17.6. The van der Waals surface area contributed by atoms with Crippen molar-refractivity contribution in [2.24, 2.45) is 0 Å². The van der Waals surface area contributed by atoms with Crippen molar-refractivity contribution in [2.45, 2.75) is 19.8 Å². The molecular formula is C28H19N3S2. The Balaban J connectivity index is 1.53. The lowest BCUT2D eigenvalue weighted by Gasteiger charge is -2.08. The molecule has 158 valence electrons. The van der Waals surface area contributed by atoms with E-state index < -0.39 is 0 Å². The van der Waals surface area contributed by atoms with E-state index in [0.717, 1.165) is 15.7 Å². The minimum absolute atomic E-state index is 0.995. The number of aromatic nitrogens is 3. The van der Waals surface area contributed by atoms with E-state index in [2.05, 4.69) is 81.3 Å². The summed E-state index contributed by atoms with van der Waals surface area (Å²) in [6, 6.07) is 36.0. The Morgan fingerprint density at radius 2 is 1.03 bits per heavy atom. The van der Waals surface area contributed by atoms with Gasteiger partial charge in [-0.1, -0.05) is 53.9 Å². The van der Waals surface area contributed by atoms with Crippen molar-refractivity contribution >= 4 is 45.3 Å². The molecule has 6 aromatic rings. The highest BCUT2D eigenvalue weighted by molar-refractivity contribution is 7.99. The van der Waals surface area contributed by atoms with Crippen LogP contribution in [0.1, 0.15) is 0 Å². The summed E-state index contributed by atoms with van der Waals surface area (Å²) in [5.41, 5.74) is 3.55. The van der Waals surface area contributed by atoms with Gasteiger partial charge < -0.3 is 4.57 Å². The minimum Gasteiger partial charge on any atom is -0.309 e. The van der Waals surface area contributed by atoms with Crippen molar-refractivity contribution in [3.8, 4) is 5.69 Å². The van der Waals surface area contributed by atoms with E-state index in [1.165, 1.54) is 31.6 Å². The molecule has 3 aromatic carbocycles. The van der Waals surface area contributed by atoms with E-state index in [1.807, 2.05) is 48.8 Å². The Hall–Kier alpha value is -3.54. The summed E-state index contributed by atoms with van der Waals surface area (Å²) in [5, 5.41) is 4.46. The number of fused-ring (bicyclic) bond motifs is 3. The third-order valence-electron chi connectivity index (χ3n) is 5.44. The fourth-order valence-corrected chi connectivity index (χ4v) is 5.65. The number of pyridine rings is 2. The molecule has 0 fully saturated rings. The van der Waals surface area contributed by atoms with E-state index in [0.29, 0.717) is 0 Å². The fraction of sp³-hybridized carbons (Fsp3) is 0. The van der Waals surface area contributed by atoms with E-state index in [9.17, 15) is 0 Å². The van der Waals surface area contributed by atoms with Crippen molar-refractivity contribution in [1.82, 2.24) is 14.5 Å². The molecule has 0 unspecified atom stereocenters. The Labute approximate surface area is 200 Å². The number of hydrogen-bond donors (Lipinski definition) is 0. The van der Waals surface area contributed by atoms with Crippen molar-refractivity contribution in [2.75, 3.05) is 0 Å². The number of para-hydroxylation sites is 1. The molecular weight excluding hydrogens is 442 g/mol. The Kier molecular flexibility index (Phi) is 5.34. The monoisotopic (exact) mass is 461 g/mol. The van der Waals surface area contributed by atoms with Gasteiger partial charge in [0.2, 0.25) is 0 Å². The van der Waals surface area contributed by atoms with Crippen LogP contribution < -0.4 is 0 Å². The summed E-state index contributed by atoms with van der Waals surface area (Å²) in [7, 11) is 0. The van der Waals surface area contributed by atoms with Crippen molar-refractivity contribution in [3.63, 3.8) is 0 Å². The molecule has 5 heteroatoms. The third-order valence-corrected chi connectivity index (χ3v) is 7.32. The molecule has 3 nitrogen and oxygen atoms in total. The largest absolute Gasteiger partial charge is 0.309 e. The molecule has 3 aromatic heterocycles. The first-order valence-corrected chi connectivity index (χ1v) is 12.3. The van der Waals surface area contributed by atoms with E-state index in [1.54, 1.807) is 23.5 Å². The van der Waals surface area contributed by atoms with Gasteiger partial charge in [-0.15, -0.1) is 0 Å². The number of hydrogen-bond acceptors (Lipinski definition) is 4. The van der Waals surface area contributed by atoms with Crippen LogP contribution in [0, 0.1) is 0 Å². The maximum Gasteiger partial charge on any atom is 0.101 e. The van der Waals surface area contributed by atoms with Gasteiger partial charge in [-0.25, -0.2) is 9.97 Å². The summed E-state index contributed by atoms with van der Waals surface area (Å²) in [6.07, 6.45) is 3.67. The van der Waals surface area contributed by atoms with E-state index >= 15 is 0 Å². The maximum atomic E-state index is 4.48. The average molecular weight is 462 g/mol. The van der Waals surface area contributed by atoms with Gasteiger partial charge in [0.1, 0.15) is 10.1 Å². The second-order valence-electron chi connectivity index (χ2n) is 7.57. The normalized spacial score (nSPS) is 11.3. The van der Waals surface area contributed by atoms with Gasteiger partial charge in [-0.2, -0.15) is 0 Å². The Morgan fingerprint density at radius 3 is 1.52 bits per heavy atom. The zero-order valence-corrected chi connectivity index (χ0v) is 19.3. The van der Waals surface area contributed by atoms with Crippen LogP contribution in [-0.2, 0) is 0 Å². The molecule has 0 aliphatic heterocycles. The molecule has 0 radical (unpaired) electrons. The summed E-state index contributed by atoms with van der Waals surface area (Å²) >= 11 is 3.37. The molecule has 0 bridgehead atoms. The van der Waals surface area contributed by atoms with Gasteiger partial charge in [-0.05, 0) is 72.8 Å². The van der Waals surface area contributed by atoms with Gasteiger partial charge in [0.25, 0.3) is 0 Å². The van der Waals surface area contributed by atoms with Gasteiger partial charge in [-0.3, -0.25) is 0 Å². The molecule has 0 saturated carbocycles. The molecule has 6 rings (SSSR count). The fourth-order valence-electron chi connectivity index (χ4n) is 4.02. The Morgan fingerprint density at radius 1 is 0.515 bits per heavy atom. The zero-order chi connectivity index (χ0) is 22.0. The number of rotatable bonds is 5. The second kappa shape index (κ2) is 8.77. The van der Waals surface area contributed by atoms with Gasteiger partial charge in [0.05, 0.1) is 11.0 Å². The van der Waals surface area contributed by atoms with Gasteiger partial charge >= 0.3 is 0 Å². The standard InChI is InChI=1S/C28H19N3S2/c1-2-8-20(9-3-1)31-25-14-12-21(32-27-10-4-6-16-29-27)18-23(25)24-19-22(13-15-26(24)31)33-28-11-5-7-17-30-28/h1-19H. The predicted molar refractivity (Wildman–Crippen MR) is 138 cm³/mol. The summed E-state index contributed by atoms with van der Waals surface area (Å²) in [5.74, 6) is 0. The minimum atomic E-state index is 0.995. The first-order valence-electron chi connectivity index (χ1n) is 10.7. The van der Waals surface area contributed by atoms with Crippen LogP contribution in [0.5, 0.6) is 0 Å². The molecule has 3 heterocycles. The number of benzene rings is 3. The topological polar surface area (TPSA) is 30.7 Å². The van der Waals surface area contributed by atoms with Crippen LogP contribution in [0.2, 0.25) is 0 Å². The smallest absolute Gasteiger partial charge is 0.101 e. The van der Waals surface area contributed by atoms with Crippen molar-refractivity contribution in [1.29, 1.82) is 0 Å². The quantitative estimate of drug-likeness (QED) is 0.261. The van der Waals surface area contributed by atoms with Crippen LogP contribution in [-0.4, -0.2) is 14.5 Å². The molecule has 0 aliphatic rings. The van der Waals surface area contributed by atoms with Crippen LogP contribution >= 0.6 is 23.5 Å². The lowest BCUT2D eigenvalue weighted by molar-refractivity contribution is 1.13. The molecule has 0 atom stereocenters. The highest BCUT2D eigenvalue weighted by atomic mass is 32.2. The van der Waals surface area contributed by atoms with Gasteiger partial charge in [0, 0.05) is 38.6 Å². The van der Waals surface area contributed by atoms with Crippen LogP contribution in [0.25, 0.3) is 27.5 Å². The highest BCUT2D eigenvalue weighted by Crippen LogP contribution is 2.38. The molecule has 0 saturated heterocycles. The van der Waals surface area contributed by atoms with Crippen molar-refractivity contribution in [3.05, 3.63) is 116 Å². The second-order valence-corrected chi connectivity index (χ2v) is 9.76. The van der Waals surface area contributed by atoms with E-state index in [-0.39, 0.29) is 0 Å². The van der Waals surface area contributed by atoms with Crippen molar-refractivity contribution < 1.29 is 0 Å². The van der Waals surface area contributed by atoms with Crippen LogP contribution in [0.4, 0.5) is 0 Å². The SMILES string of the molecule is c1ccc(-n2c3ccc(Sc4ccccn4)cc3c3cc(Sc4ccccn4)ccc32)cc1. The highest BCUT2D eigenvalue weighted by Gasteiger charge is 2.14. The summed E-state index contributed by atoms with van der Waals surface area (Å²) in [6.45, 7) is 0. The van der Waals surface area contributed by atoms with Gasteiger partial charge in [0.15, 0.2) is 0 Å². The summed E-state index contributed by atoms with van der Waals surface area (Å²) in [4.78, 5) is 11.3. The lowest BCUT2D eigenvalue weighted by atomic mass is 10.1. The summed E-state index contributed by atoms with van der Waals surface area (Å²) < 4.78 is 2.34. The van der Waals surface area contributed by atoms with E-state index in [4.69, 9.17) is 0 Å².